The van der Waals surface area contributed by atoms with Gasteiger partial charge in [-0.25, -0.2) is 0 Å². The average molecular weight is 350 g/mol. The fraction of sp³-hybridized carbons (Fsp3) is 0.333. The summed E-state index contributed by atoms with van der Waals surface area (Å²) in [5.74, 6) is 0.455. The quantitative estimate of drug-likeness (QED) is 0.539. The zero-order chi connectivity index (χ0) is 17.6. The van der Waals surface area contributed by atoms with Crippen molar-refractivity contribution in [2.75, 3.05) is 0 Å². The fourth-order valence-corrected chi connectivity index (χ4v) is 2.90. The first-order valence-electron chi connectivity index (χ1n) is 7.97. The van der Waals surface area contributed by atoms with Crippen molar-refractivity contribution in [1.29, 1.82) is 0 Å². The lowest BCUT2D eigenvalue weighted by atomic mass is 10.1. The predicted octanol–water partition coefficient (Wildman–Crippen LogP) is 4.55. The van der Waals surface area contributed by atoms with E-state index in [1.807, 2.05) is 6.07 Å². The molecule has 5 nitrogen and oxygen atoms in total. The largest absolute Gasteiger partial charge is 0.504 e. The molecule has 0 spiro atoms. The first-order valence-corrected chi connectivity index (χ1v) is 9.41. The van der Waals surface area contributed by atoms with E-state index >= 15 is 0 Å². The second-order valence-electron chi connectivity index (χ2n) is 5.66. The van der Waals surface area contributed by atoms with E-state index in [-0.39, 0.29) is 22.1 Å². The van der Waals surface area contributed by atoms with Crippen LogP contribution in [0.2, 0.25) is 0 Å². The highest BCUT2D eigenvalue weighted by Crippen LogP contribution is 2.32. The van der Waals surface area contributed by atoms with E-state index in [0.29, 0.717) is 0 Å². The molecule has 0 unspecified atom stereocenters. The van der Waals surface area contributed by atoms with E-state index in [9.17, 15) is 13.5 Å². The Morgan fingerprint density at radius 3 is 2.50 bits per heavy atom. The van der Waals surface area contributed by atoms with Crippen molar-refractivity contribution >= 4 is 10.1 Å². The molecule has 0 saturated carbocycles. The van der Waals surface area contributed by atoms with Crippen molar-refractivity contribution < 1.29 is 22.8 Å². The Bertz CT molecular complexity index is 784. The van der Waals surface area contributed by atoms with Crippen molar-refractivity contribution in [2.24, 2.45) is 0 Å². The summed E-state index contributed by atoms with van der Waals surface area (Å²) in [5, 5.41) is 10.1. The molecule has 0 radical (unpaired) electrons. The number of benzene rings is 2. The second kappa shape index (κ2) is 8.17. The summed E-state index contributed by atoms with van der Waals surface area (Å²) < 4.78 is 36.9. The van der Waals surface area contributed by atoms with Crippen LogP contribution in [0, 0.1) is 0 Å². The molecule has 6 heteroatoms. The lowest BCUT2D eigenvalue weighted by Gasteiger charge is -2.10. The molecule has 0 atom stereocenters. The van der Waals surface area contributed by atoms with Crippen LogP contribution in [0.4, 0.5) is 0 Å². The standard InChI is InChI=1S/C18H22O5S/c1-2-3-4-5-7-14-10-11-18(17(19)12-14)23-15-8-6-9-16(13-15)24(20,21)22/h6,8-13,19H,2-5,7H2,1H3,(H,20,21,22). The minimum atomic E-state index is -4.29. The zero-order valence-corrected chi connectivity index (χ0v) is 14.4. The molecule has 0 aliphatic carbocycles. The Morgan fingerprint density at radius 1 is 1.04 bits per heavy atom. The van der Waals surface area contributed by atoms with Crippen molar-refractivity contribution in [3.8, 4) is 17.2 Å². The van der Waals surface area contributed by atoms with Gasteiger partial charge in [-0.05, 0) is 42.7 Å². The topological polar surface area (TPSA) is 83.8 Å². The lowest BCUT2D eigenvalue weighted by molar-refractivity contribution is 0.409. The minimum absolute atomic E-state index is 0.000232. The Balaban J connectivity index is 2.08. The van der Waals surface area contributed by atoms with Crippen LogP contribution >= 0.6 is 0 Å². The van der Waals surface area contributed by atoms with Crippen molar-refractivity contribution in [1.82, 2.24) is 0 Å². The molecule has 0 saturated heterocycles. The van der Waals surface area contributed by atoms with E-state index in [1.54, 1.807) is 18.2 Å². The fourth-order valence-electron chi connectivity index (χ4n) is 2.39. The lowest BCUT2D eigenvalue weighted by Crippen LogP contribution is -1.98. The summed E-state index contributed by atoms with van der Waals surface area (Å²) in [6.45, 7) is 2.16. The highest BCUT2D eigenvalue weighted by molar-refractivity contribution is 7.85. The summed E-state index contributed by atoms with van der Waals surface area (Å²) in [7, 11) is -4.29. The highest BCUT2D eigenvalue weighted by Gasteiger charge is 2.11. The van der Waals surface area contributed by atoms with E-state index in [4.69, 9.17) is 9.29 Å². The van der Waals surface area contributed by atoms with Crippen LogP contribution in [0.25, 0.3) is 0 Å². The molecular weight excluding hydrogens is 328 g/mol. The van der Waals surface area contributed by atoms with Crippen molar-refractivity contribution in [2.45, 2.75) is 43.9 Å². The molecule has 2 N–H and O–H groups in total. The van der Waals surface area contributed by atoms with Crippen LogP contribution in [0.1, 0.15) is 38.2 Å². The second-order valence-corrected chi connectivity index (χ2v) is 7.09. The number of unbranched alkanes of at least 4 members (excludes halogenated alkanes) is 3. The Kier molecular flexibility index (Phi) is 6.23. The summed E-state index contributed by atoms with van der Waals surface area (Å²) in [6.07, 6.45) is 5.52. The molecule has 0 aromatic heterocycles. The molecule has 2 rings (SSSR count). The first-order chi connectivity index (χ1) is 11.4. The first kappa shape index (κ1) is 18.3. The van der Waals surface area contributed by atoms with E-state index < -0.39 is 10.1 Å². The highest BCUT2D eigenvalue weighted by atomic mass is 32.2. The summed E-state index contributed by atoms with van der Waals surface area (Å²) in [6, 6.07) is 10.7. The molecule has 0 aliphatic heterocycles. The maximum absolute atomic E-state index is 11.1. The number of hydrogen-bond donors (Lipinski definition) is 2. The van der Waals surface area contributed by atoms with E-state index in [0.717, 1.165) is 24.8 Å². The van der Waals surface area contributed by atoms with Gasteiger partial charge < -0.3 is 9.84 Å². The summed E-state index contributed by atoms with van der Waals surface area (Å²) in [4.78, 5) is -0.257. The Labute approximate surface area is 142 Å². The molecule has 0 aliphatic rings. The van der Waals surface area contributed by atoms with Gasteiger partial charge >= 0.3 is 0 Å². The average Bonchev–Trinajstić information content (AvgIpc) is 2.53. The molecule has 2 aromatic carbocycles. The molecular formula is C18H22O5S. The van der Waals surface area contributed by atoms with Crippen LogP contribution in [0.5, 0.6) is 17.2 Å². The molecule has 0 fully saturated rings. The molecule has 0 heterocycles. The number of phenolic OH excluding ortho intramolecular Hbond substituents is 1. The minimum Gasteiger partial charge on any atom is -0.504 e. The molecule has 24 heavy (non-hydrogen) atoms. The van der Waals surface area contributed by atoms with Gasteiger partial charge in [-0.1, -0.05) is 38.3 Å². The summed E-state index contributed by atoms with van der Waals surface area (Å²) >= 11 is 0. The molecule has 2 aromatic rings. The van der Waals surface area contributed by atoms with Crippen LogP contribution in [-0.4, -0.2) is 18.1 Å². The number of hydrogen-bond acceptors (Lipinski definition) is 4. The molecule has 0 bridgehead atoms. The Hall–Kier alpha value is -2.05. The van der Waals surface area contributed by atoms with Gasteiger partial charge in [-0.3, -0.25) is 4.55 Å². The van der Waals surface area contributed by atoms with Crippen LogP contribution in [-0.2, 0) is 16.5 Å². The number of phenols is 1. The third-order valence-electron chi connectivity index (χ3n) is 3.67. The SMILES string of the molecule is CCCCCCc1ccc(Oc2cccc(S(=O)(=O)O)c2)c(O)c1. The van der Waals surface area contributed by atoms with Gasteiger partial charge in [0, 0.05) is 6.07 Å². The van der Waals surface area contributed by atoms with Crippen LogP contribution < -0.4 is 4.74 Å². The monoisotopic (exact) mass is 350 g/mol. The number of rotatable bonds is 8. The van der Waals surface area contributed by atoms with Crippen molar-refractivity contribution in [3.05, 3.63) is 48.0 Å². The zero-order valence-electron chi connectivity index (χ0n) is 13.6. The maximum Gasteiger partial charge on any atom is 0.294 e. The van der Waals surface area contributed by atoms with Gasteiger partial charge in [-0.2, -0.15) is 8.42 Å². The van der Waals surface area contributed by atoms with Crippen LogP contribution in [0.15, 0.2) is 47.4 Å². The normalized spacial score (nSPS) is 11.4. The molecule has 0 amide bonds. The van der Waals surface area contributed by atoms with E-state index in [2.05, 4.69) is 6.92 Å². The van der Waals surface area contributed by atoms with E-state index in [1.165, 1.54) is 31.0 Å². The van der Waals surface area contributed by atoms with Crippen molar-refractivity contribution in [3.63, 3.8) is 0 Å². The summed E-state index contributed by atoms with van der Waals surface area (Å²) in [5.41, 5.74) is 1.03. The van der Waals surface area contributed by atoms with Crippen LogP contribution in [0.3, 0.4) is 0 Å². The van der Waals surface area contributed by atoms with Gasteiger partial charge in [0.25, 0.3) is 10.1 Å². The predicted molar refractivity (Wildman–Crippen MR) is 92.3 cm³/mol. The van der Waals surface area contributed by atoms with Gasteiger partial charge in [0.05, 0.1) is 4.90 Å². The van der Waals surface area contributed by atoms with Gasteiger partial charge in [-0.15, -0.1) is 0 Å². The molecule has 130 valence electrons. The number of ether oxygens (including phenoxy) is 1. The third-order valence-corrected chi connectivity index (χ3v) is 4.52. The maximum atomic E-state index is 11.1. The smallest absolute Gasteiger partial charge is 0.294 e. The van der Waals surface area contributed by atoms with Gasteiger partial charge in [0.1, 0.15) is 5.75 Å². The Morgan fingerprint density at radius 2 is 1.83 bits per heavy atom. The number of aryl methyl sites for hydroxylation is 1. The van der Waals surface area contributed by atoms with Gasteiger partial charge in [0.15, 0.2) is 11.5 Å². The third kappa shape index (κ3) is 5.25. The number of aromatic hydroxyl groups is 1. The van der Waals surface area contributed by atoms with Gasteiger partial charge in [0.2, 0.25) is 0 Å².